The molecule has 0 heterocycles. The summed E-state index contributed by atoms with van der Waals surface area (Å²) < 4.78 is 25.5. The van der Waals surface area contributed by atoms with Crippen molar-refractivity contribution in [3.8, 4) is 0 Å². The Balaban J connectivity index is 2.15. The lowest BCUT2D eigenvalue weighted by molar-refractivity contribution is 0.520. The second-order valence-corrected chi connectivity index (χ2v) is 8.10. The number of rotatable bonds is 5. The van der Waals surface area contributed by atoms with E-state index < -0.39 is 9.84 Å². The van der Waals surface area contributed by atoms with Gasteiger partial charge in [-0.15, -0.1) is 0 Å². The number of benzene rings is 1. The summed E-state index contributed by atoms with van der Waals surface area (Å²) in [5.41, 5.74) is 1.98. The molecule has 1 aliphatic rings. The van der Waals surface area contributed by atoms with Gasteiger partial charge in [0, 0.05) is 6.04 Å². The molecule has 1 aromatic rings. The van der Waals surface area contributed by atoms with Gasteiger partial charge in [0.05, 0.1) is 10.1 Å². The molecular weight excluding hydrogens is 270 g/mol. The van der Waals surface area contributed by atoms with Crippen LogP contribution in [0.15, 0.2) is 23.1 Å². The predicted octanol–water partition coefficient (Wildman–Crippen LogP) is 3.00. The SMILES string of the molecule is CCCNC1CCC(S(=O)(=O)c2ccc(C)cc2C)C1. The zero-order valence-electron chi connectivity index (χ0n) is 12.6. The molecule has 112 valence electrons. The molecule has 0 aliphatic heterocycles. The topological polar surface area (TPSA) is 46.2 Å². The second-order valence-electron chi connectivity index (χ2n) is 5.90. The maximum atomic E-state index is 12.8. The van der Waals surface area contributed by atoms with E-state index in [4.69, 9.17) is 0 Å². The van der Waals surface area contributed by atoms with Crippen LogP contribution in [-0.4, -0.2) is 26.3 Å². The third-order valence-electron chi connectivity index (χ3n) is 4.14. The molecule has 0 saturated heterocycles. The molecule has 0 amide bonds. The first-order valence-electron chi connectivity index (χ1n) is 7.49. The van der Waals surface area contributed by atoms with Crippen molar-refractivity contribution < 1.29 is 8.42 Å². The normalized spacial score (nSPS) is 23.1. The zero-order chi connectivity index (χ0) is 14.8. The molecule has 0 radical (unpaired) electrons. The van der Waals surface area contributed by atoms with Gasteiger partial charge < -0.3 is 5.32 Å². The van der Waals surface area contributed by atoms with Crippen LogP contribution in [0, 0.1) is 13.8 Å². The highest BCUT2D eigenvalue weighted by Gasteiger charge is 2.35. The molecule has 1 aromatic carbocycles. The van der Waals surface area contributed by atoms with Crippen molar-refractivity contribution in [2.24, 2.45) is 0 Å². The van der Waals surface area contributed by atoms with Gasteiger partial charge in [-0.1, -0.05) is 24.6 Å². The largest absolute Gasteiger partial charge is 0.314 e. The van der Waals surface area contributed by atoms with Crippen molar-refractivity contribution in [2.75, 3.05) is 6.54 Å². The summed E-state index contributed by atoms with van der Waals surface area (Å²) in [7, 11) is -3.18. The average molecular weight is 295 g/mol. The van der Waals surface area contributed by atoms with Gasteiger partial charge in [-0.25, -0.2) is 8.42 Å². The molecule has 2 atom stereocenters. The first-order chi connectivity index (χ1) is 9.45. The Morgan fingerprint density at radius 1 is 1.25 bits per heavy atom. The van der Waals surface area contributed by atoms with Crippen LogP contribution in [0.5, 0.6) is 0 Å². The lowest BCUT2D eigenvalue weighted by Gasteiger charge is -2.15. The average Bonchev–Trinajstić information content (AvgIpc) is 2.85. The Kier molecular flexibility index (Phi) is 4.86. The van der Waals surface area contributed by atoms with Crippen LogP contribution < -0.4 is 5.32 Å². The third kappa shape index (κ3) is 3.23. The van der Waals surface area contributed by atoms with Gasteiger partial charge in [0.1, 0.15) is 0 Å². The highest BCUT2D eigenvalue weighted by molar-refractivity contribution is 7.92. The van der Waals surface area contributed by atoms with E-state index in [1.54, 1.807) is 6.07 Å². The monoisotopic (exact) mass is 295 g/mol. The van der Waals surface area contributed by atoms with E-state index in [1.165, 1.54) is 0 Å². The fourth-order valence-corrected chi connectivity index (χ4v) is 5.11. The Morgan fingerprint density at radius 3 is 2.65 bits per heavy atom. The summed E-state index contributed by atoms with van der Waals surface area (Å²) in [5.74, 6) is 0. The second kappa shape index (κ2) is 6.27. The van der Waals surface area contributed by atoms with Crippen molar-refractivity contribution in [2.45, 2.75) is 62.6 Å². The molecule has 20 heavy (non-hydrogen) atoms. The fraction of sp³-hybridized carbons (Fsp3) is 0.625. The van der Waals surface area contributed by atoms with Gasteiger partial charge in [-0.05, 0) is 57.7 Å². The molecule has 0 bridgehead atoms. The van der Waals surface area contributed by atoms with Crippen LogP contribution in [0.25, 0.3) is 0 Å². The molecule has 0 spiro atoms. The minimum absolute atomic E-state index is 0.224. The van der Waals surface area contributed by atoms with Crippen molar-refractivity contribution >= 4 is 9.84 Å². The maximum Gasteiger partial charge on any atom is 0.181 e. The van der Waals surface area contributed by atoms with Gasteiger partial charge >= 0.3 is 0 Å². The first-order valence-corrected chi connectivity index (χ1v) is 9.04. The summed E-state index contributed by atoms with van der Waals surface area (Å²) in [5, 5.41) is 3.22. The van der Waals surface area contributed by atoms with Crippen molar-refractivity contribution in [3.05, 3.63) is 29.3 Å². The van der Waals surface area contributed by atoms with E-state index in [-0.39, 0.29) is 5.25 Å². The Hall–Kier alpha value is -0.870. The molecule has 1 N–H and O–H groups in total. The van der Waals surface area contributed by atoms with Crippen LogP contribution >= 0.6 is 0 Å². The smallest absolute Gasteiger partial charge is 0.181 e. The van der Waals surface area contributed by atoms with Gasteiger partial charge in [-0.2, -0.15) is 0 Å². The quantitative estimate of drug-likeness (QED) is 0.908. The van der Waals surface area contributed by atoms with Crippen LogP contribution in [0.1, 0.15) is 43.7 Å². The van der Waals surface area contributed by atoms with Gasteiger partial charge in [0.2, 0.25) is 0 Å². The van der Waals surface area contributed by atoms with Crippen molar-refractivity contribution in [3.63, 3.8) is 0 Å². The summed E-state index contributed by atoms with van der Waals surface area (Å²) in [6, 6.07) is 5.98. The molecule has 2 unspecified atom stereocenters. The Labute approximate surface area is 122 Å². The van der Waals surface area contributed by atoms with Gasteiger partial charge in [-0.3, -0.25) is 0 Å². The highest BCUT2D eigenvalue weighted by Crippen LogP contribution is 2.31. The number of nitrogens with one attached hydrogen (secondary N) is 1. The zero-order valence-corrected chi connectivity index (χ0v) is 13.5. The first kappa shape index (κ1) is 15.5. The minimum atomic E-state index is -3.18. The standard InChI is InChI=1S/C16H25NO2S/c1-4-9-17-14-6-7-15(11-14)20(18,19)16-8-5-12(2)10-13(16)3/h5,8,10,14-15,17H,4,6-7,9,11H2,1-3H3. The Morgan fingerprint density at radius 2 is 2.00 bits per heavy atom. The summed E-state index contributed by atoms with van der Waals surface area (Å²) >= 11 is 0. The van der Waals surface area contributed by atoms with Crippen LogP contribution in [0.4, 0.5) is 0 Å². The van der Waals surface area contributed by atoms with E-state index in [0.717, 1.165) is 43.4 Å². The maximum absolute atomic E-state index is 12.8. The molecule has 3 nitrogen and oxygen atoms in total. The van der Waals surface area contributed by atoms with Gasteiger partial charge in [0.15, 0.2) is 9.84 Å². The Bertz CT molecular complexity index is 566. The van der Waals surface area contributed by atoms with E-state index in [2.05, 4.69) is 12.2 Å². The van der Waals surface area contributed by atoms with Crippen LogP contribution in [0.2, 0.25) is 0 Å². The number of sulfone groups is 1. The molecule has 2 rings (SSSR count). The molecule has 1 saturated carbocycles. The van der Waals surface area contributed by atoms with E-state index >= 15 is 0 Å². The lowest BCUT2D eigenvalue weighted by Crippen LogP contribution is -2.29. The number of hydrogen-bond acceptors (Lipinski definition) is 3. The fourth-order valence-electron chi connectivity index (χ4n) is 3.05. The molecule has 1 fully saturated rings. The number of hydrogen-bond donors (Lipinski definition) is 1. The van der Waals surface area contributed by atoms with Gasteiger partial charge in [0.25, 0.3) is 0 Å². The highest BCUT2D eigenvalue weighted by atomic mass is 32.2. The van der Waals surface area contributed by atoms with Crippen molar-refractivity contribution in [1.29, 1.82) is 0 Å². The minimum Gasteiger partial charge on any atom is -0.314 e. The summed E-state index contributed by atoms with van der Waals surface area (Å²) in [6.07, 6.45) is 3.58. The van der Waals surface area contributed by atoms with Crippen LogP contribution in [-0.2, 0) is 9.84 Å². The van der Waals surface area contributed by atoms with Crippen LogP contribution in [0.3, 0.4) is 0 Å². The molecule has 1 aliphatic carbocycles. The lowest BCUT2D eigenvalue weighted by atomic mass is 10.2. The molecule has 0 aromatic heterocycles. The van der Waals surface area contributed by atoms with E-state index in [9.17, 15) is 8.42 Å². The molecular formula is C16H25NO2S. The van der Waals surface area contributed by atoms with E-state index in [1.807, 2.05) is 26.0 Å². The third-order valence-corrected chi connectivity index (χ3v) is 6.52. The summed E-state index contributed by atoms with van der Waals surface area (Å²) in [6.45, 7) is 6.98. The summed E-state index contributed by atoms with van der Waals surface area (Å²) in [4.78, 5) is 0.518. The van der Waals surface area contributed by atoms with Crippen molar-refractivity contribution in [1.82, 2.24) is 5.32 Å². The molecule has 4 heteroatoms. The predicted molar refractivity (Wildman–Crippen MR) is 82.8 cm³/mol. The number of aryl methyl sites for hydroxylation is 2. The van der Waals surface area contributed by atoms with E-state index in [0.29, 0.717) is 10.9 Å².